The molecule has 7 heteroatoms. The molecule has 12 heavy (non-hydrogen) atoms. The molecule has 0 aliphatic carbocycles. The molecule has 0 aromatic heterocycles. The van der Waals surface area contributed by atoms with Crippen LogP contribution in [0.15, 0.2) is 0 Å². The Hall–Kier alpha value is -0.210. The Morgan fingerprint density at radius 2 is 2.33 bits per heavy atom. The van der Waals surface area contributed by atoms with E-state index in [4.69, 9.17) is 10.8 Å². The molecule has 0 radical (unpaired) electrons. The van der Waals surface area contributed by atoms with Crippen molar-refractivity contribution >= 4 is 10.2 Å². The minimum atomic E-state index is -3.32. The number of nitrogens with zero attached hydrogens (tertiary/aromatic N) is 1. The highest BCUT2D eigenvalue weighted by Crippen LogP contribution is 2.04. The topological polar surface area (TPSA) is 95.7 Å². The summed E-state index contributed by atoms with van der Waals surface area (Å²) in [6, 6.07) is 0. The largest absolute Gasteiger partial charge is 0.390 e. The third-order valence-corrected chi connectivity index (χ3v) is 3.25. The summed E-state index contributed by atoms with van der Waals surface area (Å²) < 4.78 is 25.7. The lowest BCUT2D eigenvalue weighted by molar-refractivity contribution is 0.156. The number of rotatable bonds is 3. The van der Waals surface area contributed by atoms with E-state index in [0.29, 0.717) is 13.1 Å². The molecule has 1 heterocycles. The summed E-state index contributed by atoms with van der Waals surface area (Å²) in [5, 5.41) is 9.09. The van der Waals surface area contributed by atoms with Crippen LogP contribution in [0.2, 0.25) is 0 Å². The summed E-state index contributed by atoms with van der Waals surface area (Å²) >= 11 is 0. The molecule has 0 amide bonds. The Bertz CT molecular complexity index is 240. The summed E-state index contributed by atoms with van der Waals surface area (Å²) in [5.41, 5.74) is 5.15. The van der Waals surface area contributed by atoms with Crippen LogP contribution < -0.4 is 10.5 Å². The van der Waals surface area contributed by atoms with Crippen molar-refractivity contribution in [3.63, 3.8) is 0 Å². The quantitative estimate of drug-likeness (QED) is 0.462. The van der Waals surface area contributed by atoms with Crippen LogP contribution in [0.5, 0.6) is 0 Å². The summed E-state index contributed by atoms with van der Waals surface area (Å²) in [6.45, 7) is 0.955. The van der Waals surface area contributed by atoms with Gasteiger partial charge in [-0.2, -0.15) is 12.7 Å². The lowest BCUT2D eigenvalue weighted by Gasteiger charge is -2.16. The van der Waals surface area contributed by atoms with Crippen molar-refractivity contribution < 1.29 is 13.5 Å². The van der Waals surface area contributed by atoms with Crippen LogP contribution in [-0.4, -0.2) is 50.1 Å². The van der Waals surface area contributed by atoms with Gasteiger partial charge in [-0.1, -0.05) is 0 Å². The van der Waals surface area contributed by atoms with Gasteiger partial charge in [0, 0.05) is 26.2 Å². The Labute approximate surface area is 71.5 Å². The number of hydrogen-bond acceptors (Lipinski definition) is 4. The zero-order valence-electron chi connectivity index (χ0n) is 6.60. The van der Waals surface area contributed by atoms with E-state index in [1.54, 1.807) is 0 Å². The van der Waals surface area contributed by atoms with E-state index in [1.807, 2.05) is 0 Å². The van der Waals surface area contributed by atoms with Gasteiger partial charge in [0.2, 0.25) is 0 Å². The zero-order chi connectivity index (χ0) is 9.19. The smallest absolute Gasteiger partial charge is 0.279 e. The molecule has 6 nitrogen and oxygen atoms in total. The van der Waals surface area contributed by atoms with Gasteiger partial charge in [-0.15, -0.1) is 0 Å². The van der Waals surface area contributed by atoms with Crippen LogP contribution in [0.4, 0.5) is 0 Å². The van der Waals surface area contributed by atoms with Crippen molar-refractivity contribution in [2.75, 3.05) is 26.2 Å². The van der Waals surface area contributed by atoms with Crippen LogP contribution >= 0.6 is 0 Å². The SMILES string of the molecule is NC[C@@H](O)CN1CCNS1(=O)=O. The van der Waals surface area contributed by atoms with Gasteiger partial charge in [0.1, 0.15) is 0 Å². The molecule has 72 valence electrons. The first-order valence-corrected chi connectivity index (χ1v) is 5.13. The van der Waals surface area contributed by atoms with Gasteiger partial charge in [-0.25, -0.2) is 4.72 Å². The van der Waals surface area contributed by atoms with E-state index in [9.17, 15) is 8.42 Å². The first kappa shape index (κ1) is 9.87. The van der Waals surface area contributed by atoms with Crippen molar-refractivity contribution in [2.24, 2.45) is 5.73 Å². The van der Waals surface area contributed by atoms with Crippen molar-refractivity contribution in [3.8, 4) is 0 Å². The molecule has 4 N–H and O–H groups in total. The molecule has 1 atom stereocenters. The van der Waals surface area contributed by atoms with E-state index in [2.05, 4.69) is 4.72 Å². The van der Waals surface area contributed by atoms with Gasteiger partial charge in [-0.05, 0) is 0 Å². The van der Waals surface area contributed by atoms with Crippen molar-refractivity contribution in [3.05, 3.63) is 0 Å². The average Bonchev–Trinajstić information content (AvgIpc) is 2.31. The number of β-amino-alcohol motifs (C(OH)–C–C–N with tert-alkyl or cyclic N) is 1. The Morgan fingerprint density at radius 3 is 2.75 bits per heavy atom. The average molecular weight is 195 g/mol. The standard InChI is InChI=1S/C5H13N3O3S/c6-3-5(9)4-8-2-1-7-12(8,10)11/h5,7,9H,1-4,6H2/t5-/m1/s1. The van der Waals surface area contributed by atoms with Crippen LogP contribution in [0.1, 0.15) is 0 Å². The fourth-order valence-electron chi connectivity index (χ4n) is 1.01. The molecule has 0 bridgehead atoms. The molecule has 0 saturated carbocycles. The van der Waals surface area contributed by atoms with E-state index in [0.717, 1.165) is 0 Å². The molecular formula is C5H13N3O3S. The molecule has 0 unspecified atom stereocenters. The first-order valence-electron chi connectivity index (χ1n) is 3.69. The molecule has 1 saturated heterocycles. The second-order valence-electron chi connectivity index (χ2n) is 2.65. The number of nitrogens with one attached hydrogen (secondary N) is 1. The first-order chi connectivity index (χ1) is 5.56. The summed E-state index contributed by atoms with van der Waals surface area (Å²) in [6.07, 6.45) is -0.778. The fourth-order valence-corrected chi connectivity index (χ4v) is 2.24. The second kappa shape index (κ2) is 3.67. The molecule has 0 aromatic rings. The van der Waals surface area contributed by atoms with Gasteiger partial charge in [0.05, 0.1) is 6.10 Å². The lowest BCUT2D eigenvalue weighted by Crippen LogP contribution is -2.38. The van der Waals surface area contributed by atoms with Gasteiger partial charge in [0.15, 0.2) is 0 Å². The van der Waals surface area contributed by atoms with Crippen LogP contribution in [0.25, 0.3) is 0 Å². The highest BCUT2D eigenvalue weighted by atomic mass is 32.2. The van der Waals surface area contributed by atoms with E-state index >= 15 is 0 Å². The molecule has 1 aliphatic heterocycles. The number of nitrogens with two attached hydrogens (primary N) is 1. The maximum atomic E-state index is 11.1. The molecule has 0 aromatic carbocycles. The Balaban J connectivity index is 2.53. The van der Waals surface area contributed by atoms with Crippen molar-refractivity contribution in [2.45, 2.75) is 6.10 Å². The van der Waals surface area contributed by atoms with Crippen molar-refractivity contribution in [1.29, 1.82) is 0 Å². The normalized spacial score (nSPS) is 25.8. The zero-order valence-corrected chi connectivity index (χ0v) is 7.42. The van der Waals surface area contributed by atoms with Crippen molar-refractivity contribution in [1.82, 2.24) is 9.03 Å². The number of aliphatic hydroxyl groups is 1. The highest BCUT2D eigenvalue weighted by Gasteiger charge is 2.28. The van der Waals surface area contributed by atoms with Gasteiger partial charge >= 0.3 is 0 Å². The van der Waals surface area contributed by atoms with Gasteiger partial charge in [0.25, 0.3) is 10.2 Å². The minimum Gasteiger partial charge on any atom is -0.390 e. The second-order valence-corrected chi connectivity index (χ2v) is 4.40. The van der Waals surface area contributed by atoms with E-state index < -0.39 is 16.3 Å². The number of hydrogen-bond donors (Lipinski definition) is 3. The van der Waals surface area contributed by atoms with Gasteiger partial charge < -0.3 is 10.8 Å². The number of aliphatic hydroxyl groups excluding tert-OH is 1. The Kier molecular flexibility index (Phi) is 3.02. The molecule has 1 rings (SSSR count). The predicted molar refractivity (Wildman–Crippen MR) is 43.6 cm³/mol. The highest BCUT2D eigenvalue weighted by molar-refractivity contribution is 7.87. The predicted octanol–water partition coefficient (Wildman–Crippen LogP) is -2.54. The third-order valence-electron chi connectivity index (χ3n) is 1.67. The van der Waals surface area contributed by atoms with Crippen LogP contribution in [0, 0.1) is 0 Å². The Morgan fingerprint density at radius 1 is 1.67 bits per heavy atom. The minimum absolute atomic E-state index is 0.0752. The third kappa shape index (κ3) is 2.14. The maximum absolute atomic E-state index is 11.1. The summed E-state index contributed by atoms with van der Waals surface area (Å²) in [5.74, 6) is 0. The summed E-state index contributed by atoms with van der Waals surface area (Å²) in [4.78, 5) is 0. The summed E-state index contributed by atoms with van der Waals surface area (Å²) in [7, 11) is -3.32. The molecule has 1 aliphatic rings. The monoisotopic (exact) mass is 195 g/mol. The fraction of sp³-hybridized carbons (Fsp3) is 1.00. The van der Waals surface area contributed by atoms with Crippen LogP contribution in [-0.2, 0) is 10.2 Å². The maximum Gasteiger partial charge on any atom is 0.279 e. The molecular weight excluding hydrogens is 182 g/mol. The van der Waals surface area contributed by atoms with Gasteiger partial charge in [-0.3, -0.25) is 0 Å². The lowest BCUT2D eigenvalue weighted by atomic mass is 10.3. The van der Waals surface area contributed by atoms with Crippen LogP contribution in [0.3, 0.4) is 0 Å². The molecule has 0 spiro atoms. The van der Waals surface area contributed by atoms with E-state index in [1.165, 1.54) is 4.31 Å². The van der Waals surface area contributed by atoms with E-state index in [-0.39, 0.29) is 13.1 Å². The molecule has 1 fully saturated rings.